The summed E-state index contributed by atoms with van der Waals surface area (Å²) in [5, 5.41) is 0. The molecule has 20 bridgehead atoms. The van der Waals surface area contributed by atoms with Crippen LogP contribution in [0.1, 0.15) is 267 Å². The van der Waals surface area contributed by atoms with E-state index in [0.29, 0.717) is 92.5 Å². The van der Waals surface area contributed by atoms with Gasteiger partial charge in [-0.15, -0.1) is 0 Å². The summed E-state index contributed by atoms with van der Waals surface area (Å²) in [6.45, 7) is 8.19. The Balaban J connectivity index is 0.000000135. The lowest BCUT2D eigenvalue weighted by atomic mass is 9.46. The highest BCUT2D eigenvalue weighted by molar-refractivity contribution is 5.80. The van der Waals surface area contributed by atoms with Crippen molar-refractivity contribution in [2.75, 3.05) is 74.2 Å². The quantitative estimate of drug-likeness (QED) is 0.0311. The molecule has 0 heterocycles. The predicted molar refractivity (Wildman–Crippen MR) is 381 cm³/mol. The zero-order chi connectivity index (χ0) is 79.5. The minimum Gasteiger partial charge on any atom is -0.459 e. The molecule has 0 aromatic heterocycles. The van der Waals surface area contributed by atoms with E-state index >= 15 is 0 Å². The van der Waals surface area contributed by atoms with Gasteiger partial charge in [0, 0.05) is 82.2 Å². The van der Waals surface area contributed by atoms with Crippen LogP contribution in [0.3, 0.4) is 0 Å². The fourth-order valence-electron chi connectivity index (χ4n) is 26.1. The molecule has 0 radical (unpaired) electrons. The summed E-state index contributed by atoms with van der Waals surface area (Å²) in [6.07, 6.45) is 29.8. The number of carbonyl (C=O) groups is 5. The minimum atomic E-state index is -3.00. The van der Waals surface area contributed by atoms with Gasteiger partial charge in [-0.1, -0.05) is 26.7 Å². The molecule has 0 amide bonds. The fraction of sp³-hybridized carbons (Fsp3) is 0.940. The van der Waals surface area contributed by atoms with Gasteiger partial charge >= 0.3 is 29.8 Å². The lowest BCUT2D eigenvalue weighted by Gasteiger charge is -2.64. The first-order valence-corrected chi connectivity index (χ1v) is 41.1. The Morgan fingerprint density at radius 2 is 0.596 bits per heavy atom. The molecule has 0 aromatic carbocycles. The van der Waals surface area contributed by atoms with E-state index in [0.717, 1.165) is 221 Å². The van der Waals surface area contributed by atoms with Gasteiger partial charge in [-0.2, -0.15) is 0 Å². The normalized spacial score (nSPS) is 40.9. The van der Waals surface area contributed by atoms with Crippen molar-refractivity contribution in [1.82, 2.24) is 0 Å². The predicted octanol–water partition coefficient (Wildman–Crippen LogP) is 18.2. The number of methoxy groups -OCH3 is 3. The van der Waals surface area contributed by atoms with Gasteiger partial charge in [0.1, 0.15) is 0 Å². The van der Waals surface area contributed by atoms with E-state index < -0.39 is 114 Å². The molecule has 0 aliphatic heterocycles. The molecule has 10 unspecified atom stereocenters. The lowest BCUT2D eigenvalue weighted by molar-refractivity contribution is -0.253. The van der Waals surface area contributed by atoms with Crippen molar-refractivity contribution in [3.05, 3.63) is 0 Å². The van der Waals surface area contributed by atoms with Crippen molar-refractivity contribution in [2.24, 2.45) is 86.8 Å². The monoisotopic (exact) mass is 1570 g/mol. The Hall–Kier alpha value is -3.59. The molecule has 0 saturated heterocycles. The summed E-state index contributed by atoms with van der Waals surface area (Å²) in [5.41, 5.74) is -3.96. The van der Waals surface area contributed by atoms with Gasteiger partial charge in [-0.05, 0) is 259 Å². The van der Waals surface area contributed by atoms with Gasteiger partial charge in [-0.25, -0.2) is 43.9 Å². The number of esters is 5. The minimum absolute atomic E-state index is 0.0584. The van der Waals surface area contributed by atoms with Gasteiger partial charge in [-0.3, -0.25) is 24.0 Å². The standard InChI is InChI=1S/2C18H28F2O3.C16H24F2O4.C16H24F2O3.C15H22F2O3/c1-3-4-5-23-18-9-13-6-14(10-18)8-17(7-13,11-18)15(21)22-12-16(2,19)20;1-3-4-5-23-18-8-12-6-13(9-18)15(14(7-12)10-18)16(21)22-11-17(2,19)20;1-13(17,18)10-22-12(19)14-4-11-5-15(7-14,20-2)9-16(6-11,8-14)21-3;1-3-21-16-7-11-4-12(8-16)6-15(5-11,9-16)13(19)20-10-14(2,17)18;1-13(16,17)9-20-12(18)14-4-10-3-11(5-14)7-15(6-10,8-14)19-2/h13-14H,3-12H2,1-2H3;12-15H,3-11H2,1-2H3;11H,4-10H2,1-3H3;11-12H,3-10H2,1-2H3;10-11H,3-9H2,1-2H3. The summed E-state index contributed by atoms with van der Waals surface area (Å²) >= 11 is 0. The summed E-state index contributed by atoms with van der Waals surface area (Å²) in [7, 11) is 5.03. The third kappa shape index (κ3) is 20.1. The second kappa shape index (κ2) is 32.1. The molecule has 16 nitrogen and oxygen atoms in total. The summed E-state index contributed by atoms with van der Waals surface area (Å²) < 4.78 is 190. The highest BCUT2D eigenvalue weighted by Crippen LogP contribution is 2.69. The van der Waals surface area contributed by atoms with E-state index in [1.165, 1.54) is 0 Å². The average Bonchev–Trinajstić information content (AvgIpc) is 0.717. The van der Waals surface area contributed by atoms with Crippen molar-refractivity contribution in [1.29, 1.82) is 0 Å². The number of unbranched alkanes of at least 4 members (excludes halogenated alkanes) is 2. The van der Waals surface area contributed by atoms with Crippen molar-refractivity contribution in [3.8, 4) is 0 Å². The average molecular weight is 1570 g/mol. The van der Waals surface area contributed by atoms with E-state index in [9.17, 15) is 67.9 Å². The molecule has 20 aliphatic carbocycles. The van der Waals surface area contributed by atoms with Crippen molar-refractivity contribution >= 4 is 29.8 Å². The lowest BCUT2D eigenvalue weighted by Crippen LogP contribution is -2.66. The number of ether oxygens (including phenoxy) is 11. The Bertz CT molecular complexity index is 3100. The molecule has 20 rings (SSSR count). The highest BCUT2D eigenvalue weighted by Gasteiger charge is 2.69. The fourth-order valence-corrected chi connectivity index (χ4v) is 26.1. The van der Waals surface area contributed by atoms with Gasteiger partial charge in [0.05, 0.1) is 61.2 Å². The van der Waals surface area contributed by atoms with Crippen LogP contribution in [0.25, 0.3) is 0 Å². The third-order valence-corrected chi connectivity index (χ3v) is 28.1. The molecule has 20 fully saturated rings. The van der Waals surface area contributed by atoms with Gasteiger partial charge in [0.2, 0.25) is 0 Å². The first kappa shape index (κ1) is 86.3. The Morgan fingerprint density at radius 1 is 0.312 bits per heavy atom. The van der Waals surface area contributed by atoms with Crippen LogP contribution in [0.2, 0.25) is 0 Å². The molecule has 0 spiro atoms. The smallest absolute Gasteiger partial charge is 0.312 e. The maximum Gasteiger partial charge on any atom is 0.312 e. The van der Waals surface area contributed by atoms with Crippen LogP contribution >= 0.6 is 0 Å². The van der Waals surface area contributed by atoms with Crippen LogP contribution in [0.4, 0.5) is 43.9 Å². The Kier molecular flexibility index (Phi) is 25.4. The summed E-state index contributed by atoms with van der Waals surface area (Å²) in [4.78, 5) is 62.4. The summed E-state index contributed by atoms with van der Waals surface area (Å²) in [6, 6.07) is 0. The van der Waals surface area contributed by atoms with E-state index in [2.05, 4.69) is 13.8 Å². The molecular weight excluding hydrogens is 1440 g/mol. The van der Waals surface area contributed by atoms with Crippen molar-refractivity contribution < 1.29 is 120 Å². The SMILES string of the molecule is CCCCOC12CC3CC(C1)C(C(=O)OCC(C)(F)F)C(C3)C2.CCCCOC12CC3CC(C1)CC(C(=O)OCC(C)(F)F)(C3)C2.CCOC12CC3CC(C1)CC(C(=O)OCC(C)(F)F)(C3)C2.COC12CC3CC(C1)CC(C(=O)OCC(C)(F)F)(C3)C2.COC12CC3CC(OC)(C1)CC(C(=O)OCC(C)(F)F)(C3)C2. The maximum atomic E-state index is 13.0. The van der Waals surface area contributed by atoms with E-state index in [1.807, 2.05) is 6.92 Å². The van der Waals surface area contributed by atoms with Crippen molar-refractivity contribution in [2.45, 2.75) is 330 Å². The molecular formula is C83H126F10O16. The van der Waals surface area contributed by atoms with Crippen LogP contribution in [-0.2, 0) is 76.1 Å². The van der Waals surface area contributed by atoms with Gasteiger partial charge < -0.3 is 52.1 Å². The number of hydrogen-bond donors (Lipinski definition) is 0. The van der Waals surface area contributed by atoms with E-state index in [1.54, 1.807) is 21.3 Å². The maximum absolute atomic E-state index is 13.0. The van der Waals surface area contributed by atoms with Crippen LogP contribution in [-0.4, -0.2) is 167 Å². The zero-order valence-electron chi connectivity index (χ0n) is 66.7. The molecule has 26 heteroatoms. The van der Waals surface area contributed by atoms with Gasteiger partial charge in [0.25, 0.3) is 29.6 Å². The molecule has 10 atom stereocenters. The molecule has 20 aliphatic rings. The Morgan fingerprint density at radius 3 is 0.936 bits per heavy atom. The highest BCUT2D eigenvalue weighted by atomic mass is 19.3. The second-order valence-electron chi connectivity index (χ2n) is 38.8. The molecule has 109 heavy (non-hydrogen) atoms. The number of halogens is 10. The van der Waals surface area contributed by atoms with Crippen LogP contribution in [0.5, 0.6) is 0 Å². The Labute approximate surface area is 638 Å². The van der Waals surface area contributed by atoms with E-state index in [-0.39, 0.29) is 51.4 Å². The van der Waals surface area contributed by atoms with E-state index in [4.69, 9.17) is 52.1 Å². The second-order valence-corrected chi connectivity index (χ2v) is 38.8. The molecule has 20 saturated carbocycles. The third-order valence-electron chi connectivity index (χ3n) is 28.1. The number of alkyl halides is 10. The van der Waals surface area contributed by atoms with Gasteiger partial charge in [0.15, 0.2) is 33.0 Å². The first-order valence-electron chi connectivity index (χ1n) is 41.1. The van der Waals surface area contributed by atoms with Crippen LogP contribution < -0.4 is 0 Å². The number of hydrogen-bond acceptors (Lipinski definition) is 16. The summed E-state index contributed by atoms with van der Waals surface area (Å²) in [5.74, 6) is -12.9. The molecule has 0 N–H and O–H groups in total. The largest absolute Gasteiger partial charge is 0.459 e. The molecule has 0 aromatic rings. The first-order chi connectivity index (χ1) is 50.8. The van der Waals surface area contributed by atoms with Crippen LogP contribution in [0, 0.1) is 86.8 Å². The molecule has 624 valence electrons. The van der Waals surface area contributed by atoms with Crippen LogP contribution in [0.15, 0.2) is 0 Å². The topological polar surface area (TPSA) is 187 Å². The number of rotatable bonds is 28. The number of carbonyl (C=O) groups excluding carboxylic acids is 5. The zero-order valence-corrected chi connectivity index (χ0v) is 66.7. The van der Waals surface area contributed by atoms with Crippen molar-refractivity contribution in [3.63, 3.8) is 0 Å².